The van der Waals surface area contributed by atoms with Gasteiger partial charge in [0, 0.05) is 5.56 Å². The summed E-state index contributed by atoms with van der Waals surface area (Å²) in [6.45, 7) is 3.42. The molecule has 0 heterocycles. The number of esters is 1. The zero-order valence-corrected chi connectivity index (χ0v) is 10.0. The van der Waals surface area contributed by atoms with E-state index in [1.165, 1.54) is 25.1 Å². The average Bonchev–Trinajstić information content (AvgIpc) is 2.30. The van der Waals surface area contributed by atoms with Crippen LogP contribution in [0.3, 0.4) is 0 Å². The molecule has 0 spiro atoms. The van der Waals surface area contributed by atoms with Crippen LogP contribution in [0.4, 0.5) is 8.78 Å². The molecule has 0 aromatic heterocycles. The van der Waals surface area contributed by atoms with Gasteiger partial charge in [0.15, 0.2) is 0 Å². The summed E-state index contributed by atoms with van der Waals surface area (Å²) < 4.78 is 31.7. The van der Waals surface area contributed by atoms with Crippen molar-refractivity contribution in [2.75, 3.05) is 6.61 Å². The number of hydrogen-bond acceptors (Lipinski definition) is 2. The molecule has 0 aliphatic carbocycles. The van der Waals surface area contributed by atoms with Crippen LogP contribution in [0.1, 0.15) is 31.4 Å². The molecule has 94 valence electrons. The maximum absolute atomic E-state index is 13.7. The predicted octanol–water partition coefficient (Wildman–Crippen LogP) is 3.29. The topological polar surface area (TPSA) is 26.3 Å². The van der Waals surface area contributed by atoms with E-state index < -0.39 is 11.9 Å². The summed E-state index contributed by atoms with van der Waals surface area (Å²) in [5, 5.41) is 0. The Balaban J connectivity index is 2.97. The van der Waals surface area contributed by atoms with Gasteiger partial charge in [0.05, 0.1) is 6.61 Å². The van der Waals surface area contributed by atoms with Crippen molar-refractivity contribution in [3.8, 4) is 0 Å². The molecular weight excluding hydrogens is 226 g/mol. The quantitative estimate of drug-likeness (QED) is 0.740. The highest BCUT2D eigenvalue weighted by Gasteiger charge is 2.42. The van der Waals surface area contributed by atoms with Crippen molar-refractivity contribution in [3.63, 3.8) is 0 Å². The molecule has 17 heavy (non-hydrogen) atoms. The van der Waals surface area contributed by atoms with Crippen molar-refractivity contribution in [1.29, 1.82) is 0 Å². The highest BCUT2D eigenvalue weighted by molar-refractivity contribution is 5.79. The van der Waals surface area contributed by atoms with E-state index in [0.29, 0.717) is 6.42 Å². The van der Waals surface area contributed by atoms with E-state index in [-0.39, 0.29) is 12.2 Å². The van der Waals surface area contributed by atoms with Crippen molar-refractivity contribution in [1.82, 2.24) is 0 Å². The average molecular weight is 242 g/mol. The first-order chi connectivity index (χ1) is 8.02. The molecule has 0 atom stereocenters. The van der Waals surface area contributed by atoms with Gasteiger partial charge in [0.2, 0.25) is 0 Å². The van der Waals surface area contributed by atoms with Crippen molar-refractivity contribution >= 4 is 5.97 Å². The molecule has 0 N–H and O–H groups in total. The molecule has 0 fully saturated rings. The van der Waals surface area contributed by atoms with Gasteiger partial charge in [-0.1, -0.05) is 31.5 Å². The van der Waals surface area contributed by atoms with Crippen LogP contribution in [0.2, 0.25) is 0 Å². The van der Waals surface area contributed by atoms with Gasteiger partial charge in [0.1, 0.15) is 0 Å². The third kappa shape index (κ3) is 3.25. The van der Waals surface area contributed by atoms with Gasteiger partial charge in [-0.3, -0.25) is 0 Å². The fourth-order valence-electron chi connectivity index (χ4n) is 1.55. The number of halogens is 2. The monoisotopic (exact) mass is 242 g/mol. The summed E-state index contributed by atoms with van der Waals surface area (Å²) in [7, 11) is 0. The van der Waals surface area contributed by atoms with Crippen LogP contribution in [0.15, 0.2) is 24.3 Å². The molecule has 0 aliphatic heterocycles. The van der Waals surface area contributed by atoms with Gasteiger partial charge in [-0.25, -0.2) is 4.79 Å². The lowest BCUT2D eigenvalue weighted by atomic mass is 10.0. The Morgan fingerprint density at radius 2 is 2.06 bits per heavy atom. The standard InChI is InChI=1S/C13H16F2O2/c1-3-6-10-7-5-8-11(9-10)13(14,15)12(16)17-4-2/h5,7-9H,3-4,6H2,1-2H3. The lowest BCUT2D eigenvalue weighted by Crippen LogP contribution is -2.28. The van der Waals surface area contributed by atoms with Gasteiger partial charge < -0.3 is 4.74 Å². The molecule has 0 saturated carbocycles. The zero-order chi connectivity index (χ0) is 12.9. The smallest absolute Gasteiger partial charge is 0.381 e. The summed E-state index contributed by atoms with van der Waals surface area (Å²) in [4.78, 5) is 11.2. The van der Waals surface area contributed by atoms with Gasteiger partial charge >= 0.3 is 11.9 Å². The maximum Gasteiger partial charge on any atom is 0.381 e. The Labute approximate surface area is 99.6 Å². The molecule has 0 saturated heterocycles. The number of aryl methyl sites for hydroxylation is 1. The van der Waals surface area contributed by atoms with Crippen LogP contribution < -0.4 is 0 Å². The molecule has 0 aliphatic rings. The Morgan fingerprint density at radius 1 is 1.35 bits per heavy atom. The van der Waals surface area contributed by atoms with E-state index in [0.717, 1.165) is 12.0 Å². The largest absolute Gasteiger partial charge is 0.461 e. The first-order valence-electron chi connectivity index (χ1n) is 5.66. The summed E-state index contributed by atoms with van der Waals surface area (Å²) >= 11 is 0. The summed E-state index contributed by atoms with van der Waals surface area (Å²) in [6.07, 6.45) is 1.58. The molecule has 2 nitrogen and oxygen atoms in total. The fourth-order valence-corrected chi connectivity index (χ4v) is 1.55. The minimum Gasteiger partial charge on any atom is -0.461 e. The number of ether oxygens (including phenoxy) is 1. The van der Waals surface area contributed by atoms with E-state index in [1.807, 2.05) is 6.92 Å². The fraction of sp³-hybridized carbons (Fsp3) is 0.462. The highest BCUT2D eigenvalue weighted by atomic mass is 19.3. The molecule has 1 aromatic carbocycles. The van der Waals surface area contributed by atoms with E-state index in [1.54, 1.807) is 6.07 Å². The van der Waals surface area contributed by atoms with E-state index >= 15 is 0 Å². The molecule has 1 rings (SSSR count). The molecule has 0 radical (unpaired) electrons. The van der Waals surface area contributed by atoms with E-state index in [9.17, 15) is 13.6 Å². The second-order valence-corrected chi connectivity index (χ2v) is 3.75. The molecule has 4 heteroatoms. The molecule has 1 aromatic rings. The second kappa shape index (κ2) is 5.75. The first-order valence-corrected chi connectivity index (χ1v) is 5.66. The van der Waals surface area contributed by atoms with Gasteiger partial charge in [-0.05, 0) is 25.0 Å². The third-order valence-corrected chi connectivity index (χ3v) is 2.36. The van der Waals surface area contributed by atoms with Gasteiger partial charge in [0.25, 0.3) is 0 Å². The van der Waals surface area contributed by atoms with Crippen molar-refractivity contribution in [3.05, 3.63) is 35.4 Å². The number of carbonyl (C=O) groups is 1. The predicted molar refractivity (Wildman–Crippen MR) is 61.0 cm³/mol. The van der Waals surface area contributed by atoms with Crippen LogP contribution in [0.5, 0.6) is 0 Å². The van der Waals surface area contributed by atoms with Crippen LogP contribution in [-0.4, -0.2) is 12.6 Å². The van der Waals surface area contributed by atoms with Crippen LogP contribution in [-0.2, 0) is 21.9 Å². The van der Waals surface area contributed by atoms with Crippen molar-refractivity contribution < 1.29 is 18.3 Å². The highest BCUT2D eigenvalue weighted by Crippen LogP contribution is 2.30. The van der Waals surface area contributed by atoms with E-state index in [4.69, 9.17) is 0 Å². The summed E-state index contributed by atoms with van der Waals surface area (Å²) in [5.74, 6) is -5.06. The molecule has 0 amide bonds. The number of alkyl halides is 2. The molecule has 0 unspecified atom stereocenters. The number of benzene rings is 1. The lowest BCUT2D eigenvalue weighted by molar-refractivity contribution is -0.173. The normalized spacial score (nSPS) is 11.3. The Morgan fingerprint density at radius 3 is 2.65 bits per heavy atom. The Hall–Kier alpha value is -1.45. The third-order valence-electron chi connectivity index (χ3n) is 2.36. The summed E-state index contributed by atoms with van der Waals surface area (Å²) in [6, 6.07) is 5.91. The van der Waals surface area contributed by atoms with Gasteiger partial charge in [-0.2, -0.15) is 8.78 Å². The van der Waals surface area contributed by atoms with Crippen LogP contribution >= 0.6 is 0 Å². The Kier molecular flexibility index (Phi) is 4.61. The van der Waals surface area contributed by atoms with Crippen molar-refractivity contribution in [2.45, 2.75) is 32.6 Å². The minimum absolute atomic E-state index is 0.0525. The second-order valence-electron chi connectivity index (χ2n) is 3.75. The number of rotatable bonds is 5. The van der Waals surface area contributed by atoms with Crippen LogP contribution in [0, 0.1) is 0 Å². The zero-order valence-electron chi connectivity index (χ0n) is 10.0. The van der Waals surface area contributed by atoms with E-state index in [2.05, 4.69) is 4.74 Å². The molecule has 0 bridgehead atoms. The van der Waals surface area contributed by atoms with Gasteiger partial charge in [-0.15, -0.1) is 0 Å². The Bertz CT molecular complexity index is 389. The first kappa shape index (κ1) is 13.6. The summed E-state index contributed by atoms with van der Waals surface area (Å²) in [5.41, 5.74) is 0.496. The maximum atomic E-state index is 13.7. The van der Waals surface area contributed by atoms with Crippen molar-refractivity contribution in [2.24, 2.45) is 0 Å². The minimum atomic E-state index is -3.57. The molecular formula is C13H16F2O2. The lowest BCUT2D eigenvalue weighted by Gasteiger charge is -2.15. The SMILES string of the molecule is CCCc1cccc(C(F)(F)C(=O)OCC)c1. The number of carbonyl (C=O) groups excluding carboxylic acids is 1. The van der Waals surface area contributed by atoms with Crippen LogP contribution in [0.25, 0.3) is 0 Å². The number of hydrogen-bond donors (Lipinski definition) is 0.